The van der Waals surface area contributed by atoms with Crippen molar-refractivity contribution in [2.24, 2.45) is 11.7 Å². The Morgan fingerprint density at radius 2 is 2.05 bits per heavy atom. The van der Waals surface area contributed by atoms with Crippen LogP contribution >= 0.6 is 11.6 Å². The summed E-state index contributed by atoms with van der Waals surface area (Å²) in [6.07, 6.45) is -3.76. The highest BCUT2D eigenvalue weighted by molar-refractivity contribution is 6.33. The van der Waals surface area contributed by atoms with Gasteiger partial charge in [-0.3, -0.25) is 4.79 Å². The van der Waals surface area contributed by atoms with E-state index in [9.17, 15) is 18.0 Å². The van der Waals surface area contributed by atoms with E-state index in [1.165, 1.54) is 0 Å². The molecule has 0 spiro atoms. The Labute approximate surface area is 120 Å². The van der Waals surface area contributed by atoms with Gasteiger partial charge in [0.05, 0.1) is 22.3 Å². The second-order valence-corrected chi connectivity index (χ2v) is 5.00. The van der Waals surface area contributed by atoms with Gasteiger partial charge in [-0.15, -0.1) is 0 Å². The van der Waals surface area contributed by atoms with Crippen molar-refractivity contribution in [1.82, 2.24) is 0 Å². The highest BCUT2D eigenvalue weighted by Gasteiger charge is 2.31. The summed E-state index contributed by atoms with van der Waals surface area (Å²) < 4.78 is 37.4. The van der Waals surface area contributed by atoms with Crippen LogP contribution in [0.3, 0.4) is 0 Å². The van der Waals surface area contributed by atoms with Crippen LogP contribution in [0.4, 0.5) is 18.9 Å². The van der Waals surface area contributed by atoms with E-state index in [0.717, 1.165) is 24.6 Å². The molecule has 1 aromatic rings. The van der Waals surface area contributed by atoms with Gasteiger partial charge in [0.25, 0.3) is 0 Å². The molecule has 7 heteroatoms. The average Bonchev–Trinajstić information content (AvgIpc) is 2.37. The van der Waals surface area contributed by atoms with Crippen LogP contribution in [0.2, 0.25) is 5.02 Å². The predicted octanol–water partition coefficient (Wildman–Crippen LogP) is 3.67. The second kappa shape index (κ2) is 6.45. The Morgan fingerprint density at radius 1 is 1.45 bits per heavy atom. The number of halogens is 4. The van der Waals surface area contributed by atoms with Gasteiger partial charge >= 0.3 is 6.18 Å². The Bertz CT molecular complexity index is 491. The van der Waals surface area contributed by atoms with Gasteiger partial charge in [-0.25, -0.2) is 0 Å². The van der Waals surface area contributed by atoms with Crippen molar-refractivity contribution >= 4 is 23.2 Å². The van der Waals surface area contributed by atoms with Crippen LogP contribution in [-0.2, 0) is 11.0 Å². The predicted molar refractivity (Wildman–Crippen MR) is 72.5 cm³/mol. The van der Waals surface area contributed by atoms with Crippen molar-refractivity contribution in [2.75, 3.05) is 5.32 Å². The maximum absolute atomic E-state index is 12.5. The third-order valence-electron chi connectivity index (χ3n) is 3.11. The molecule has 112 valence electrons. The Kier molecular flexibility index (Phi) is 5.42. The number of rotatable bonds is 4. The van der Waals surface area contributed by atoms with E-state index in [0.29, 0.717) is 0 Å². The lowest BCUT2D eigenvalue weighted by atomic mass is 9.99. The number of hydrogen-bond donors (Lipinski definition) is 2. The first kappa shape index (κ1) is 16.8. The van der Waals surface area contributed by atoms with Gasteiger partial charge in [-0.1, -0.05) is 31.9 Å². The molecule has 0 aliphatic heterocycles. The fourth-order valence-corrected chi connectivity index (χ4v) is 1.75. The molecule has 0 aliphatic carbocycles. The minimum absolute atomic E-state index is 0.0387. The van der Waals surface area contributed by atoms with Crippen LogP contribution in [0.5, 0.6) is 0 Å². The molecule has 0 heterocycles. The van der Waals surface area contributed by atoms with Crippen molar-refractivity contribution in [3.05, 3.63) is 28.8 Å². The molecule has 2 atom stereocenters. The largest absolute Gasteiger partial charge is 0.416 e. The van der Waals surface area contributed by atoms with Gasteiger partial charge in [-0.05, 0) is 24.1 Å². The van der Waals surface area contributed by atoms with Gasteiger partial charge < -0.3 is 11.1 Å². The zero-order chi connectivity index (χ0) is 15.5. The van der Waals surface area contributed by atoms with Crippen LogP contribution in [-0.4, -0.2) is 11.9 Å². The standard InChI is InChI=1S/C13H16ClF3N2O/c1-3-7(2)11(18)12(20)19-10-5-4-8(6-9(10)14)13(15,16)17/h4-7,11H,3,18H2,1-2H3,(H,19,20)/t7-,11-/m0/s1. The number of hydrogen-bond acceptors (Lipinski definition) is 2. The third-order valence-corrected chi connectivity index (χ3v) is 3.43. The molecule has 0 saturated heterocycles. The zero-order valence-corrected chi connectivity index (χ0v) is 11.8. The number of nitrogens with two attached hydrogens (primary N) is 1. The smallest absolute Gasteiger partial charge is 0.323 e. The van der Waals surface area contributed by atoms with Crippen LogP contribution in [0.25, 0.3) is 0 Å². The summed E-state index contributed by atoms with van der Waals surface area (Å²) in [6, 6.07) is 2.01. The number of benzene rings is 1. The van der Waals surface area contributed by atoms with Gasteiger partial charge in [0.15, 0.2) is 0 Å². The zero-order valence-electron chi connectivity index (χ0n) is 11.1. The number of amides is 1. The van der Waals surface area contributed by atoms with E-state index in [1.54, 1.807) is 0 Å². The summed E-state index contributed by atoms with van der Waals surface area (Å²) in [5, 5.41) is 2.26. The SMILES string of the molecule is CC[C@H](C)[C@H](N)C(=O)Nc1ccc(C(F)(F)F)cc1Cl. The first-order chi connectivity index (χ1) is 9.16. The molecule has 1 amide bonds. The number of anilines is 1. The molecule has 0 fully saturated rings. The minimum Gasteiger partial charge on any atom is -0.323 e. The fraction of sp³-hybridized carbons (Fsp3) is 0.462. The molecular formula is C13H16ClF3N2O. The number of alkyl halides is 3. The lowest BCUT2D eigenvalue weighted by Crippen LogP contribution is -2.40. The van der Waals surface area contributed by atoms with Crippen LogP contribution in [0.15, 0.2) is 18.2 Å². The lowest BCUT2D eigenvalue weighted by Gasteiger charge is -2.18. The van der Waals surface area contributed by atoms with E-state index < -0.39 is 23.7 Å². The average molecular weight is 309 g/mol. The molecule has 0 bridgehead atoms. The molecule has 3 N–H and O–H groups in total. The second-order valence-electron chi connectivity index (χ2n) is 4.59. The first-order valence-electron chi connectivity index (χ1n) is 6.10. The topological polar surface area (TPSA) is 55.1 Å². The summed E-state index contributed by atoms with van der Waals surface area (Å²) in [4.78, 5) is 11.8. The summed E-state index contributed by atoms with van der Waals surface area (Å²) >= 11 is 5.74. The highest BCUT2D eigenvalue weighted by atomic mass is 35.5. The molecule has 0 saturated carbocycles. The quantitative estimate of drug-likeness (QED) is 0.891. The van der Waals surface area contributed by atoms with Crippen molar-refractivity contribution in [2.45, 2.75) is 32.5 Å². The summed E-state index contributed by atoms with van der Waals surface area (Å²) in [7, 11) is 0. The van der Waals surface area contributed by atoms with Gasteiger partial charge in [0, 0.05) is 0 Å². The molecular weight excluding hydrogens is 293 g/mol. The minimum atomic E-state index is -4.47. The monoisotopic (exact) mass is 308 g/mol. The normalized spacial score (nSPS) is 14.8. The van der Waals surface area contributed by atoms with Gasteiger partial charge in [0.1, 0.15) is 0 Å². The Hall–Kier alpha value is -1.27. The number of carbonyl (C=O) groups excluding carboxylic acids is 1. The molecule has 0 unspecified atom stereocenters. The maximum atomic E-state index is 12.5. The Morgan fingerprint density at radius 3 is 2.50 bits per heavy atom. The van der Waals surface area contributed by atoms with Crippen molar-refractivity contribution in [3.63, 3.8) is 0 Å². The van der Waals surface area contributed by atoms with E-state index in [1.807, 2.05) is 13.8 Å². The lowest BCUT2D eigenvalue weighted by molar-refractivity contribution is -0.137. The van der Waals surface area contributed by atoms with E-state index in [4.69, 9.17) is 17.3 Å². The van der Waals surface area contributed by atoms with Crippen LogP contribution in [0.1, 0.15) is 25.8 Å². The summed E-state index contributed by atoms with van der Waals surface area (Å²) in [5.41, 5.74) is 4.98. The summed E-state index contributed by atoms with van der Waals surface area (Å²) in [5.74, 6) is -0.510. The van der Waals surface area contributed by atoms with Crippen LogP contribution in [0, 0.1) is 5.92 Å². The van der Waals surface area contributed by atoms with Crippen molar-refractivity contribution in [3.8, 4) is 0 Å². The molecule has 3 nitrogen and oxygen atoms in total. The van der Waals surface area contributed by atoms with Crippen LogP contribution < -0.4 is 11.1 Å². The Balaban J connectivity index is 2.87. The molecule has 0 aromatic heterocycles. The van der Waals surface area contributed by atoms with Gasteiger partial charge in [0.2, 0.25) is 5.91 Å². The van der Waals surface area contributed by atoms with Gasteiger partial charge in [-0.2, -0.15) is 13.2 Å². The fourth-order valence-electron chi connectivity index (χ4n) is 1.52. The molecule has 0 aliphatic rings. The maximum Gasteiger partial charge on any atom is 0.416 e. The molecule has 1 aromatic carbocycles. The third kappa shape index (κ3) is 4.11. The highest BCUT2D eigenvalue weighted by Crippen LogP contribution is 2.33. The molecule has 1 rings (SSSR count). The molecule has 0 radical (unpaired) electrons. The van der Waals surface area contributed by atoms with E-state index in [-0.39, 0.29) is 16.6 Å². The number of nitrogens with one attached hydrogen (secondary N) is 1. The van der Waals surface area contributed by atoms with Crippen molar-refractivity contribution < 1.29 is 18.0 Å². The summed E-state index contributed by atoms with van der Waals surface area (Å²) in [6.45, 7) is 3.71. The van der Waals surface area contributed by atoms with E-state index in [2.05, 4.69) is 5.32 Å². The number of carbonyl (C=O) groups is 1. The van der Waals surface area contributed by atoms with Crippen molar-refractivity contribution in [1.29, 1.82) is 0 Å². The molecule has 20 heavy (non-hydrogen) atoms. The first-order valence-corrected chi connectivity index (χ1v) is 6.47. The van der Waals surface area contributed by atoms with E-state index >= 15 is 0 Å².